The largest absolute Gasteiger partial charge is 0.386 e. The van der Waals surface area contributed by atoms with E-state index in [-0.39, 0.29) is 31.0 Å². The van der Waals surface area contributed by atoms with Gasteiger partial charge in [-0.15, -0.1) is 12.4 Å². The first kappa shape index (κ1) is 22.5. The van der Waals surface area contributed by atoms with Crippen LogP contribution in [0.15, 0.2) is 48.8 Å². The van der Waals surface area contributed by atoms with Crippen molar-refractivity contribution in [1.82, 2.24) is 14.8 Å². The van der Waals surface area contributed by atoms with Crippen LogP contribution in [0.1, 0.15) is 52.7 Å². The summed E-state index contributed by atoms with van der Waals surface area (Å²) >= 11 is 0. The number of imide groups is 1. The molecule has 2 aromatic rings. The number of aliphatic hydroxyl groups excluding tert-OH is 1. The van der Waals surface area contributed by atoms with Crippen molar-refractivity contribution in [3.8, 4) is 0 Å². The lowest BCUT2D eigenvalue weighted by Gasteiger charge is -2.32. The zero-order valence-corrected chi connectivity index (χ0v) is 15.8. The van der Waals surface area contributed by atoms with Gasteiger partial charge in [0.25, 0.3) is 11.8 Å². The Bertz CT molecular complexity index is 865. The minimum absolute atomic E-state index is 0. The first-order valence-corrected chi connectivity index (χ1v) is 8.93. The van der Waals surface area contributed by atoms with Gasteiger partial charge in [-0.25, -0.2) is 0 Å². The molecule has 1 N–H and O–H groups in total. The van der Waals surface area contributed by atoms with Crippen LogP contribution in [0.2, 0.25) is 0 Å². The average Bonchev–Trinajstić information content (AvgIpc) is 3.32. The van der Waals surface area contributed by atoms with E-state index in [9.17, 15) is 19.5 Å². The Hall–Kier alpha value is -2.77. The van der Waals surface area contributed by atoms with Crippen LogP contribution in [-0.4, -0.2) is 56.7 Å². The fraction of sp³-hybridized carbons (Fsp3) is 0.333. The molecule has 29 heavy (non-hydrogen) atoms. The summed E-state index contributed by atoms with van der Waals surface area (Å²) in [7, 11) is 0. The zero-order chi connectivity index (χ0) is 19.0. The highest BCUT2D eigenvalue weighted by molar-refractivity contribution is 6.22. The van der Waals surface area contributed by atoms with Crippen molar-refractivity contribution >= 4 is 30.1 Å². The van der Waals surface area contributed by atoms with E-state index in [1.54, 1.807) is 41.3 Å². The Kier molecular flexibility index (Phi) is 7.11. The van der Waals surface area contributed by atoms with E-state index in [0.717, 1.165) is 17.7 Å². The predicted octanol–water partition coefficient (Wildman–Crippen LogP) is 2.46. The van der Waals surface area contributed by atoms with Gasteiger partial charge in [-0.1, -0.05) is 19.6 Å². The van der Waals surface area contributed by atoms with E-state index in [1.165, 1.54) is 12.4 Å². The van der Waals surface area contributed by atoms with Crippen LogP contribution in [-0.2, 0) is 4.79 Å². The van der Waals surface area contributed by atoms with Crippen molar-refractivity contribution in [3.63, 3.8) is 0 Å². The van der Waals surface area contributed by atoms with E-state index >= 15 is 0 Å². The standard InChI is InChI=1S/C20H19N3O4.CH4.ClH/c24-17(13-7-9-21-10-8-13)16(20(27)22-11-3-4-12-22)23-18(25)14-5-1-2-6-15(14)19(23)26;;/h1-2,5-10,16-17,24H,3-4,11-12H2;1H4;1H/t16-,17+;;/m1../s1. The smallest absolute Gasteiger partial charge is 0.262 e. The number of carbonyl (C=O) groups excluding carboxylic acids is 3. The molecular formula is C21H24ClN3O4. The zero-order valence-electron chi connectivity index (χ0n) is 15.0. The molecule has 3 heterocycles. The molecule has 8 heteroatoms. The lowest BCUT2D eigenvalue weighted by molar-refractivity contribution is -0.138. The van der Waals surface area contributed by atoms with Crippen LogP contribution < -0.4 is 0 Å². The van der Waals surface area contributed by atoms with Gasteiger partial charge in [-0.2, -0.15) is 0 Å². The topological polar surface area (TPSA) is 90.8 Å². The van der Waals surface area contributed by atoms with Gasteiger partial charge >= 0.3 is 0 Å². The fourth-order valence-corrected chi connectivity index (χ4v) is 3.71. The SMILES string of the molecule is C.Cl.O=C([C@@H]([C@@H](O)c1ccncc1)N1C(=O)c2ccccc2C1=O)N1CCCC1. The van der Waals surface area contributed by atoms with Gasteiger partial charge in [0, 0.05) is 25.5 Å². The number of fused-ring (bicyclic) bond motifs is 1. The van der Waals surface area contributed by atoms with Crippen molar-refractivity contribution in [1.29, 1.82) is 0 Å². The Labute approximate surface area is 175 Å². The summed E-state index contributed by atoms with van der Waals surface area (Å²) in [6.45, 7) is 1.11. The maximum atomic E-state index is 13.2. The van der Waals surface area contributed by atoms with Crippen molar-refractivity contribution in [3.05, 3.63) is 65.5 Å². The van der Waals surface area contributed by atoms with Crippen LogP contribution in [0.4, 0.5) is 0 Å². The number of halogens is 1. The summed E-state index contributed by atoms with van der Waals surface area (Å²) in [4.78, 5) is 45.5. The molecule has 3 amide bonds. The highest BCUT2D eigenvalue weighted by Gasteiger charge is 2.47. The molecule has 0 unspecified atom stereocenters. The Morgan fingerprint density at radius 1 is 0.966 bits per heavy atom. The molecule has 0 radical (unpaired) electrons. The van der Waals surface area contributed by atoms with Crippen molar-refractivity contribution in [2.75, 3.05) is 13.1 Å². The highest BCUT2D eigenvalue weighted by atomic mass is 35.5. The lowest BCUT2D eigenvalue weighted by Crippen LogP contribution is -2.53. The number of rotatable bonds is 4. The van der Waals surface area contributed by atoms with Crippen LogP contribution in [0.25, 0.3) is 0 Å². The third kappa shape index (κ3) is 3.88. The van der Waals surface area contributed by atoms with E-state index < -0.39 is 29.9 Å². The van der Waals surface area contributed by atoms with E-state index in [1.807, 2.05) is 0 Å². The molecule has 1 aromatic heterocycles. The summed E-state index contributed by atoms with van der Waals surface area (Å²) in [5, 5.41) is 11.0. The second kappa shape index (κ2) is 9.15. The Balaban J connectivity index is 0.00000150. The lowest BCUT2D eigenvalue weighted by atomic mass is 10.0. The molecule has 0 bridgehead atoms. The second-order valence-electron chi connectivity index (χ2n) is 6.73. The van der Waals surface area contributed by atoms with Crippen molar-refractivity contribution < 1.29 is 19.5 Å². The molecule has 1 aromatic carbocycles. The summed E-state index contributed by atoms with van der Waals surface area (Å²) in [5.74, 6) is -1.52. The average molecular weight is 418 g/mol. The minimum Gasteiger partial charge on any atom is -0.386 e. The Morgan fingerprint density at radius 3 is 2.00 bits per heavy atom. The molecule has 154 valence electrons. The number of pyridine rings is 1. The number of hydrogen-bond donors (Lipinski definition) is 1. The predicted molar refractivity (Wildman–Crippen MR) is 110 cm³/mol. The summed E-state index contributed by atoms with van der Waals surface area (Å²) in [6, 6.07) is 8.31. The molecule has 0 saturated carbocycles. The van der Waals surface area contributed by atoms with Gasteiger partial charge < -0.3 is 10.0 Å². The van der Waals surface area contributed by atoms with Crippen molar-refractivity contribution in [2.24, 2.45) is 0 Å². The second-order valence-corrected chi connectivity index (χ2v) is 6.73. The van der Waals surface area contributed by atoms with Gasteiger partial charge in [-0.05, 0) is 42.7 Å². The third-order valence-corrected chi connectivity index (χ3v) is 5.12. The van der Waals surface area contributed by atoms with Gasteiger partial charge in [-0.3, -0.25) is 24.3 Å². The molecular weight excluding hydrogens is 394 g/mol. The van der Waals surface area contributed by atoms with Crippen molar-refractivity contribution in [2.45, 2.75) is 32.4 Å². The van der Waals surface area contributed by atoms with E-state index in [0.29, 0.717) is 18.7 Å². The molecule has 1 saturated heterocycles. The summed E-state index contributed by atoms with van der Waals surface area (Å²) in [5.41, 5.74) is 0.936. The third-order valence-electron chi connectivity index (χ3n) is 5.12. The van der Waals surface area contributed by atoms with Crippen LogP contribution >= 0.6 is 12.4 Å². The summed E-state index contributed by atoms with van der Waals surface area (Å²) in [6.07, 6.45) is 3.40. The van der Waals surface area contributed by atoms with Gasteiger partial charge in [0.15, 0.2) is 0 Å². The number of amides is 3. The van der Waals surface area contributed by atoms with Gasteiger partial charge in [0.05, 0.1) is 11.1 Å². The maximum Gasteiger partial charge on any atom is 0.262 e. The highest BCUT2D eigenvalue weighted by Crippen LogP contribution is 2.31. The monoisotopic (exact) mass is 417 g/mol. The van der Waals surface area contributed by atoms with Crippen LogP contribution in [0, 0.1) is 0 Å². The van der Waals surface area contributed by atoms with Gasteiger partial charge in [0.1, 0.15) is 12.1 Å². The molecule has 4 rings (SSSR count). The summed E-state index contributed by atoms with van der Waals surface area (Å²) < 4.78 is 0. The quantitative estimate of drug-likeness (QED) is 0.771. The number of benzene rings is 1. The molecule has 2 aliphatic heterocycles. The molecule has 0 spiro atoms. The van der Waals surface area contributed by atoms with E-state index in [2.05, 4.69) is 4.98 Å². The fourth-order valence-electron chi connectivity index (χ4n) is 3.71. The maximum absolute atomic E-state index is 13.2. The number of hydrogen-bond acceptors (Lipinski definition) is 5. The molecule has 7 nitrogen and oxygen atoms in total. The Morgan fingerprint density at radius 2 is 1.48 bits per heavy atom. The molecule has 2 atom stereocenters. The number of likely N-dealkylation sites (tertiary alicyclic amines) is 1. The first-order valence-electron chi connectivity index (χ1n) is 8.93. The number of aromatic nitrogens is 1. The molecule has 2 aliphatic rings. The number of aliphatic hydroxyl groups is 1. The molecule has 1 fully saturated rings. The normalized spacial score (nSPS) is 17.3. The van der Waals surface area contributed by atoms with Crippen LogP contribution in [0.3, 0.4) is 0 Å². The minimum atomic E-state index is -1.33. The first-order chi connectivity index (χ1) is 13.1. The van der Waals surface area contributed by atoms with E-state index in [4.69, 9.17) is 0 Å². The number of carbonyl (C=O) groups is 3. The van der Waals surface area contributed by atoms with Gasteiger partial charge in [0.2, 0.25) is 5.91 Å². The molecule has 0 aliphatic carbocycles. The number of nitrogens with zero attached hydrogens (tertiary/aromatic N) is 3. The van der Waals surface area contributed by atoms with Crippen LogP contribution in [0.5, 0.6) is 0 Å².